The summed E-state index contributed by atoms with van der Waals surface area (Å²) >= 11 is 4.15. The van der Waals surface area contributed by atoms with Crippen molar-refractivity contribution < 1.29 is 17.7 Å². The van der Waals surface area contributed by atoms with E-state index >= 15 is 0 Å². The molecule has 0 bridgehead atoms. The normalized spacial score (nSPS) is 15.9. The van der Waals surface area contributed by atoms with Gasteiger partial charge in [0, 0.05) is 16.4 Å². The Hall–Kier alpha value is -0.430. The second-order valence-electron chi connectivity index (χ2n) is 5.94. The van der Waals surface area contributed by atoms with E-state index in [0.717, 1.165) is 0 Å². The van der Waals surface area contributed by atoms with E-state index < -0.39 is 28.3 Å². The van der Waals surface area contributed by atoms with Gasteiger partial charge in [0.15, 0.2) is 6.04 Å². The topological polar surface area (TPSA) is 35.1 Å². The van der Waals surface area contributed by atoms with Gasteiger partial charge in [-0.15, -0.1) is 4.72 Å². The fraction of sp³-hybridized carbons (Fsp3) is 0.571. The summed E-state index contributed by atoms with van der Waals surface area (Å²) in [6, 6.07) is 0.757. The number of alkyl halides is 3. The maximum atomic E-state index is 13.3. The first kappa shape index (κ1) is 18.6. The Morgan fingerprint density at radius 1 is 1.14 bits per heavy atom. The predicted molar refractivity (Wildman–Crippen MR) is 80.8 cm³/mol. The first-order chi connectivity index (χ1) is 9.34. The number of nitrogens with one attached hydrogen (secondary N) is 1. The summed E-state index contributed by atoms with van der Waals surface area (Å²) in [4.78, 5) is 0. The Kier molecular flexibility index (Phi) is 5.64. The summed E-state index contributed by atoms with van der Waals surface area (Å²) in [7, 11) is 0. The Bertz CT molecular complexity index is 491. The minimum absolute atomic E-state index is 0.0134. The standard InChI is InChI=1S/C14H19ClF3NOS/c1-8-6-10(7-9(2)11(8)15)12(14(16,17)18)19-21(20)13(3,4)5/h6-7,12,19H,1-5H3/t12-,21?/m0/s1. The monoisotopic (exact) mass is 341 g/mol. The lowest BCUT2D eigenvalue weighted by molar-refractivity contribution is -0.153. The number of hydrogen-bond acceptors (Lipinski definition) is 2. The third-order valence-corrected chi connectivity index (χ3v) is 5.06. The highest BCUT2D eigenvalue weighted by atomic mass is 35.5. The van der Waals surface area contributed by atoms with E-state index in [9.17, 15) is 17.7 Å². The van der Waals surface area contributed by atoms with Gasteiger partial charge in [-0.2, -0.15) is 13.2 Å². The van der Waals surface area contributed by atoms with Crippen LogP contribution in [0.1, 0.15) is 43.5 Å². The molecule has 21 heavy (non-hydrogen) atoms. The van der Waals surface area contributed by atoms with Crippen LogP contribution in [0.4, 0.5) is 13.2 Å². The number of aryl methyl sites for hydroxylation is 2. The van der Waals surface area contributed by atoms with Gasteiger partial charge < -0.3 is 4.55 Å². The van der Waals surface area contributed by atoms with Crippen LogP contribution in [0.15, 0.2) is 12.1 Å². The van der Waals surface area contributed by atoms with E-state index in [1.807, 2.05) is 0 Å². The van der Waals surface area contributed by atoms with Gasteiger partial charge >= 0.3 is 6.18 Å². The predicted octanol–water partition coefficient (Wildman–Crippen LogP) is 4.61. The molecule has 1 rings (SSSR count). The van der Waals surface area contributed by atoms with Crippen molar-refractivity contribution in [3.05, 3.63) is 33.8 Å². The summed E-state index contributed by atoms with van der Waals surface area (Å²) in [5.74, 6) is 0. The van der Waals surface area contributed by atoms with Gasteiger partial charge in [-0.1, -0.05) is 23.7 Å². The first-order valence-electron chi connectivity index (χ1n) is 6.35. The molecule has 0 radical (unpaired) electrons. The minimum Gasteiger partial charge on any atom is -0.598 e. The van der Waals surface area contributed by atoms with Crippen molar-refractivity contribution in [3.8, 4) is 0 Å². The zero-order chi connectivity index (χ0) is 16.6. The number of halogens is 4. The lowest BCUT2D eigenvalue weighted by Gasteiger charge is -2.29. The fourth-order valence-electron chi connectivity index (χ4n) is 1.75. The summed E-state index contributed by atoms with van der Waals surface area (Å²) in [6.45, 7) is 8.13. The van der Waals surface area contributed by atoms with Crippen LogP contribution in [-0.2, 0) is 11.4 Å². The van der Waals surface area contributed by atoms with Gasteiger partial charge in [-0.05, 0) is 51.3 Å². The largest absolute Gasteiger partial charge is 0.598 e. The van der Waals surface area contributed by atoms with Gasteiger partial charge in [-0.3, -0.25) is 0 Å². The van der Waals surface area contributed by atoms with Crippen molar-refractivity contribution in [2.75, 3.05) is 0 Å². The lowest BCUT2D eigenvalue weighted by atomic mass is 10.0. The molecule has 1 aromatic rings. The second kappa shape index (κ2) is 6.36. The summed E-state index contributed by atoms with van der Waals surface area (Å²) in [5, 5.41) is 0.441. The molecule has 0 aliphatic carbocycles. The van der Waals surface area contributed by atoms with Crippen LogP contribution in [0, 0.1) is 13.8 Å². The summed E-state index contributed by atoms with van der Waals surface area (Å²) < 4.78 is 53.3. The first-order valence-corrected chi connectivity index (χ1v) is 7.88. The average Bonchev–Trinajstić information content (AvgIpc) is 2.29. The zero-order valence-corrected chi connectivity index (χ0v) is 14.1. The van der Waals surface area contributed by atoms with Crippen molar-refractivity contribution in [3.63, 3.8) is 0 Å². The van der Waals surface area contributed by atoms with Crippen LogP contribution in [-0.4, -0.2) is 15.5 Å². The number of hydrogen-bond donors (Lipinski definition) is 1. The molecule has 120 valence electrons. The number of benzene rings is 1. The van der Waals surface area contributed by atoms with E-state index in [1.165, 1.54) is 12.1 Å². The SMILES string of the molecule is Cc1cc([C@H](N[S+]([O-])C(C)(C)C)C(F)(F)F)cc(C)c1Cl. The van der Waals surface area contributed by atoms with Crippen molar-refractivity contribution in [2.24, 2.45) is 0 Å². The minimum atomic E-state index is -4.55. The van der Waals surface area contributed by atoms with Crippen LogP contribution >= 0.6 is 11.6 Å². The Labute approximate surface area is 131 Å². The van der Waals surface area contributed by atoms with E-state index in [1.54, 1.807) is 34.6 Å². The molecule has 0 aliphatic rings. The van der Waals surface area contributed by atoms with Crippen molar-refractivity contribution >= 4 is 23.0 Å². The van der Waals surface area contributed by atoms with E-state index in [-0.39, 0.29) is 5.56 Å². The molecule has 0 saturated heterocycles. The van der Waals surface area contributed by atoms with E-state index in [4.69, 9.17) is 11.6 Å². The van der Waals surface area contributed by atoms with Gasteiger partial charge in [0.05, 0.1) is 0 Å². The maximum Gasteiger partial charge on any atom is 0.412 e. The number of rotatable bonds is 3. The average molecular weight is 342 g/mol. The van der Waals surface area contributed by atoms with Crippen LogP contribution in [0.3, 0.4) is 0 Å². The second-order valence-corrected chi connectivity index (χ2v) is 8.32. The molecular weight excluding hydrogens is 323 g/mol. The molecule has 0 amide bonds. The van der Waals surface area contributed by atoms with Crippen LogP contribution in [0.25, 0.3) is 0 Å². The zero-order valence-electron chi connectivity index (χ0n) is 12.6. The van der Waals surface area contributed by atoms with Gasteiger partial charge in [0.25, 0.3) is 0 Å². The van der Waals surface area contributed by atoms with Gasteiger partial charge in [0.1, 0.15) is 4.75 Å². The molecule has 7 heteroatoms. The Morgan fingerprint density at radius 3 is 1.90 bits per heavy atom. The van der Waals surface area contributed by atoms with Crippen molar-refractivity contribution in [2.45, 2.75) is 51.6 Å². The van der Waals surface area contributed by atoms with Crippen LogP contribution in [0.5, 0.6) is 0 Å². The molecule has 0 fully saturated rings. The Morgan fingerprint density at radius 2 is 1.57 bits per heavy atom. The van der Waals surface area contributed by atoms with Crippen molar-refractivity contribution in [1.29, 1.82) is 0 Å². The third-order valence-electron chi connectivity index (χ3n) is 2.90. The Balaban J connectivity index is 3.22. The quantitative estimate of drug-likeness (QED) is 0.815. The molecule has 1 N–H and O–H groups in total. The molecule has 1 aromatic carbocycles. The molecule has 0 heterocycles. The maximum absolute atomic E-state index is 13.3. The molecule has 2 atom stereocenters. The highest BCUT2D eigenvalue weighted by molar-refractivity contribution is 7.90. The van der Waals surface area contributed by atoms with E-state index in [2.05, 4.69) is 4.72 Å². The van der Waals surface area contributed by atoms with Crippen LogP contribution in [0.2, 0.25) is 5.02 Å². The summed E-state index contributed by atoms with van der Waals surface area (Å²) in [6.07, 6.45) is -4.55. The molecule has 0 aromatic heterocycles. The smallest absolute Gasteiger partial charge is 0.412 e. The molecule has 0 aliphatic heterocycles. The molecule has 2 nitrogen and oxygen atoms in total. The molecule has 1 unspecified atom stereocenters. The molecule has 0 spiro atoms. The fourth-order valence-corrected chi connectivity index (χ4v) is 2.70. The molecule has 0 saturated carbocycles. The highest BCUT2D eigenvalue weighted by Crippen LogP contribution is 2.36. The summed E-state index contributed by atoms with van der Waals surface area (Å²) in [5.41, 5.74) is 1.13. The van der Waals surface area contributed by atoms with Gasteiger partial charge in [-0.25, -0.2) is 0 Å². The van der Waals surface area contributed by atoms with Crippen LogP contribution < -0.4 is 4.72 Å². The van der Waals surface area contributed by atoms with Gasteiger partial charge in [0.2, 0.25) is 0 Å². The lowest BCUT2D eigenvalue weighted by Crippen LogP contribution is -2.45. The van der Waals surface area contributed by atoms with Crippen molar-refractivity contribution in [1.82, 2.24) is 4.72 Å². The van der Waals surface area contributed by atoms with E-state index in [0.29, 0.717) is 16.1 Å². The third kappa shape index (κ3) is 4.77. The highest BCUT2D eigenvalue weighted by Gasteiger charge is 2.45. The molecular formula is C14H19ClF3NOS.